The van der Waals surface area contributed by atoms with E-state index in [1.807, 2.05) is 0 Å². The number of piperidine rings is 1. The quantitative estimate of drug-likeness (QED) is 0.493. The monoisotopic (exact) mass is 320 g/mol. The number of rotatable bonds is 3. The fourth-order valence-electron chi connectivity index (χ4n) is 2.73. The summed E-state index contributed by atoms with van der Waals surface area (Å²) < 4.78 is 40.9. The molecular formula is C13H15F3N2O2S. The highest BCUT2D eigenvalue weighted by Gasteiger charge is 2.50. The summed E-state index contributed by atoms with van der Waals surface area (Å²) in [6, 6.07) is 0. The van der Waals surface area contributed by atoms with E-state index in [2.05, 4.69) is 5.32 Å². The van der Waals surface area contributed by atoms with Gasteiger partial charge in [0.2, 0.25) is 5.70 Å². The zero-order valence-electron chi connectivity index (χ0n) is 11.4. The van der Waals surface area contributed by atoms with Crippen molar-refractivity contribution in [2.75, 3.05) is 6.67 Å². The van der Waals surface area contributed by atoms with Crippen LogP contribution in [0.3, 0.4) is 0 Å². The maximum atomic E-state index is 14.1. The van der Waals surface area contributed by atoms with Gasteiger partial charge in [0, 0.05) is 24.0 Å². The second kappa shape index (κ2) is 5.40. The fourth-order valence-corrected chi connectivity index (χ4v) is 3.12. The minimum Gasteiger partial charge on any atom is -0.371 e. The van der Waals surface area contributed by atoms with Crippen LogP contribution in [0.4, 0.5) is 13.2 Å². The second-order valence-corrected chi connectivity index (χ2v) is 6.10. The molecule has 0 aromatic carbocycles. The number of nitrogens with zero attached hydrogens (tertiary/aromatic N) is 1. The van der Waals surface area contributed by atoms with Crippen LogP contribution in [-0.4, -0.2) is 27.8 Å². The highest BCUT2D eigenvalue weighted by Crippen LogP contribution is 2.42. The molecule has 0 aromatic heterocycles. The Kier molecular flexibility index (Phi) is 4.10. The molecule has 8 heteroatoms. The summed E-state index contributed by atoms with van der Waals surface area (Å²) >= 11 is 4.86. The van der Waals surface area contributed by atoms with Gasteiger partial charge in [0.1, 0.15) is 17.5 Å². The van der Waals surface area contributed by atoms with E-state index in [0.717, 1.165) is 12.2 Å². The lowest BCUT2D eigenvalue weighted by molar-refractivity contribution is -0.429. The summed E-state index contributed by atoms with van der Waals surface area (Å²) in [6.45, 7) is 0.385. The number of halogens is 3. The van der Waals surface area contributed by atoms with E-state index in [9.17, 15) is 23.3 Å². The molecule has 116 valence electrons. The number of allylic oxidation sites excluding steroid dienone is 3. The molecule has 2 rings (SSSR count). The maximum Gasteiger partial charge on any atom is 0.247 e. The predicted octanol–water partition coefficient (Wildman–Crippen LogP) is 3.17. The van der Waals surface area contributed by atoms with Gasteiger partial charge < -0.3 is 5.32 Å². The molecule has 1 heterocycles. The molecule has 1 aliphatic heterocycles. The highest BCUT2D eigenvalue weighted by atomic mass is 32.1. The van der Waals surface area contributed by atoms with Gasteiger partial charge in [0.15, 0.2) is 5.67 Å². The maximum absolute atomic E-state index is 14.1. The zero-order valence-corrected chi connectivity index (χ0v) is 12.2. The number of hydrogen-bond donors (Lipinski definition) is 1. The number of alkyl halides is 2. The van der Waals surface area contributed by atoms with Gasteiger partial charge in [-0.1, -0.05) is 12.2 Å². The topological polar surface area (TPSA) is 55.2 Å². The number of hydrogen-bond acceptors (Lipinski definition) is 3. The van der Waals surface area contributed by atoms with Crippen molar-refractivity contribution in [3.8, 4) is 0 Å². The van der Waals surface area contributed by atoms with Gasteiger partial charge in [-0.25, -0.2) is 13.2 Å². The molecule has 0 spiro atoms. The number of nitro groups is 1. The summed E-state index contributed by atoms with van der Waals surface area (Å²) in [7, 11) is 0. The Bertz CT molecular complexity index is 552. The lowest BCUT2D eigenvalue weighted by Crippen LogP contribution is -2.62. The van der Waals surface area contributed by atoms with E-state index in [1.54, 1.807) is 6.92 Å². The Balaban J connectivity index is 2.23. The lowest BCUT2D eigenvalue weighted by atomic mass is 9.72. The Labute approximate surface area is 125 Å². The van der Waals surface area contributed by atoms with Crippen LogP contribution in [0.2, 0.25) is 0 Å². The molecule has 1 fully saturated rings. The standard InChI is InChI=1S/C13H15F3N2O2S/c1-12(4-5-13(16,7-14)11(21)17-12)9-6-8(18(19)20)2-3-10(9)15/h2-3,9H,4-7H2,1H3,(H,17,21)/t9-,12-,13+/m0/s1. The first-order valence-corrected chi connectivity index (χ1v) is 6.91. The molecule has 0 aromatic rings. The molecule has 1 aliphatic carbocycles. The van der Waals surface area contributed by atoms with Crippen molar-refractivity contribution in [1.29, 1.82) is 0 Å². The van der Waals surface area contributed by atoms with Crippen molar-refractivity contribution in [2.24, 2.45) is 5.92 Å². The van der Waals surface area contributed by atoms with E-state index < -0.39 is 34.6 Å². The average molecular weight is 320 g/mol. The second-order valence-electron chi connectivity index (χ2n) is 5.69. The molecule has 0 radical (unpaired) electrons. The molecule has 0 amide bonds. The molecule has 21 heavy (non-hydrogen) atoms. The molecule has 4 nitrogen and oxygen atoms in total. The third-order valence-electron chi connectivity index (χ3n) is 4.24. The first-order chi connectivity index (χ1) is 9.72. The third-order valence-corrected chi connectivity index (χ3v) is 4.71. The Morgan fingerprint density at radius 3 is 2.71 bits per heavy atom. The van der Waals surface area contributed by atoms with Gasteiger partial charge >= 0.3 is 0 Å². The Morgan fingerprint density at radius 2 is 2.19 bits per heavy atom. The van der Waals surface area contributed by atoms with E-state index in [1.165, 1.54) is 0 Å². The van der Waals surface area contributed by atoms with Gasteiger partial charge in [0.25, 0.3) is 0 Å². The minimum absolute atomic E-state index is 0.113. The molecular weight excluding hydrogens is 305 g/mol. The van der Waals surface area contributed by atoms with Crippen LogP contribution in [0.25, 0.3) is 0 Å². The molecule has 1 saturated heterocycles. The van der Waals surface area contributed by atoms with E-state index in [4.69, 9.17) is 12.2 Å². The average Bonchev–Trinajstić information content (AvgIpc) is 2.43. The van der Waals surface area contributed by atoms with Crippen molar-refractivity contribution < 1.29 is 18.1 Å². The Morgan fingerprint density at radius 1 is 1.52 bits per heavy atom. The largest absolute Gasteiger partial charge is 0.371 e. The normalized spacial score (nSPS) is 36.6. The summed E-state index contributed by atoms with van der Waals surface area (Å²) in [5.74, 6) is -1.35. The van der Waals surface area contributed by atoms with Gasteiger partial charge in [-0.15, -0.1) is 0 Å². The molecule has 0 bridgehead atoms. The van der Waals surface area contributed by atoms with E-state index >= 15 is 0 Å². The smallest absolute Gasteiger partial charge is 0.247 e. The predicted molar refractivity (Wildman–Crippen MR) is 75.6 cm³/mol. The lowest BCUT2D eigenvalue weighted by Gasteiger charge is -2.46. The molecule has 1 N–H and O–H groups in total. The fraction of sp³-hybridized carbons (Fsp3) is 0.615. The van der Waals surface area contributed by atoms with Crippen molar-refractivity contribution in [3.05, 3.63) is 33.8 Å². The van der Waals surface area contributed by atoms with Crippen molar-refractivity contribution in [2.45, 2.75) is 37.4 Å². The van der Waals surface area contributed by atoms with Crippen LogP contribution in [0.15, 0.2) is 23.7 Å². The van der Waals surface area contributed by atoms with Crippen molar-refractivity contribution in [1.82, 2.24) is 5.32 Å². The van der Waals surface area contributed by atoms with Crippen molar-refractivity contribution >= 4 is 17.2 Å². The van der Waals surface area contributed by atoms with Crippen LogP contribution < -0.4 is 5.32 Å². The van der Waals surface area contributed by atoms with Crippen LogP contribution in [0, 0.1) is 16.0 Å². The van der Waals surface area contributed by atoms with Crippen molar-refractivity contribution in [3.63, 3.8) is 0 Å². The summed E-state index contributed by atoms with van der Waals surface area (Å²) in [4.78, 5) is 9.97. The highest BCUT2D eigenvalue weighted by molar-refractivity contribution is 7.80. The van der Waals surface area contributed by atoms with Gasteiger partial charge in [-0.3, -0.25) is 10.1 Å². The summed E-state index contributed by atoms with van der Waals surface area (Å²) in [5.41, 5.74) is -3.32. The van der Waals surface area contributed by atoms with Gasteiger partial charge in [0.05, 0.1) is 4.92 Å². The molecule has 2 aliphatic rings. The van der Waals surface area contributed by atoms with Gasteiger partial charge in [-0.2, -0.15) is 0 Å². The van der Waals surface area contributed by atoms with Crippen LogP contribution in [-0.2, 0) is 0 Å². The SMILES string of the molecule is C[C@@]1([C@H]2CC([N+](=O)[O-])=CC=C2F)CC[C@@](F)(CF)C(=S)N1. The van der Waals surface area contributed by atoms with Crippen LogP contribution in [0.1, 0.15) is 26.2 Å². The summed E-state index contributed by atoms with van der Waals surface area (Å²) in [5, 5.41) is 13.5. The summed E-state index contributed by atoms with van der Waals surface area (Å²) in [6.07, 6.45) is 2.01. The van der Waals surface area contributed by atoms with Crippen LogP contribution >= 0.6 is 12.2 Å². The van der Waals surface area contributed by atoms with Gasteiger partial charge in [-0.05, 0) is 25.8 Å². The third kappa shape index (κ3) is 2.81. The molecule has 0 saturated carbocycles. The first kappa shape index (κ1) is 15.9. The van der Waals surface area contributed by atoms with E-state index in [-0.39, 0.29) is 29.9 Å². The number of nitrogens with one attached hydrogen (secondary N) is 1. The van der Waals surface area contributed by atoms with Crippen LogP contribution in [0.5, 0.6) is 0 Å². The molecule has 0 unspecified atom stereocenters. The Hall–Kier alpha value is -1.44. The zero-order chi connectivity index (χ0) is 15.8. The molecule has 3 atom stereocenters. The minimum atomic E-state index is -2.23. The first-order valence-electron chi connectivity index (χ1n) is 6.50. The van der Waals surface area contributed by atoms with E-state index in [0.29, 0.717) is 0 Å². The number of thiocarbonyl (C=S) groups is 1.